The number of carbonyl (C=O) groups is 2. The predicted molar refractivity (Wildman–Crippen MR) is 89.0 cm³/mol. The first-order chi connectivity index (χ1) is 10.6. The summed E-state index contributed by atoms with van der Waals surface area (Å²) in [6, 6.07) is 0. The van der Waals surface area contributed by atoms with Gasteiger partial charge in [-0.15, -0.1) is 0 Å². The maximum atomic E-state index is 11.7. The SMILES string of the molecule is CCCCCCCCCC(=O)CCCCCCC(O)C(=O)O. The average molecular weight is 314 g/mol. The Kier molecular flexibility index (Phi) is 14.4. The molecule has 0 heterocycles. The number of aliphatic hydroxyl groups excluding tert-OH is 1. The van der Waals surface area contributed by atoms with Crippen LogP contribution in [0.4, 0.5) is 0 Å². The summed E-state index contributed by atoms with van der Waals surface area (Å²) >= 11 is 0. The first-order valence-corrected chi connectivity index (χ1v) is 9.00. The molecule has 4 heteroatoms. The molecule has 0 fully saturated rings. The Bertz CT molecular complexity index is 289. The van der Waals surface area contributed by atoms with Crippen molar-refractivity contribution in [3.63, 3.8) is 0 Å². The van der Waals surface area contributed by atoms with Gasteiger partial charge >= 0.3 is 5.97 Å². The molecule has 0 aromatic heterocycles. The molecular weight excluding hydrogens is 280 g/mol. The van der Waals surface area contributed by atoms with E-state index in [0.717, 1.165) is 25.7 Å². The minimum absolute atomic E-state index is 0.307. The lowest BCUT2D eigenvalue weighted by Gasteiger charge is -2.05. The number of hydrogen-bond acceptors (Lipinski definition) is 3. The van der Waals surface area contributed by atoms with Crippen molar-refractivity contribution in [1.29, 1.82) is 0 Å². The fourth-order valence-electron chi connectivity index (χ4n) is 2.54. The molecule has 0 aliphatic heterocycles. The van der Waals surface area contributed by atoms with Gasteiger partial charge < -0.3 is 10.2 Å². The molecule has 1 unspecified atom stereocenters. The molecule has 1 atom stereocenters. The van der Waals surface area contributed by atoms with Crippen molar-refractivity contribution >= 4 is 11.8 Å². The van der Waals surface area contributed by atoms with Crippen LogP contribution in [0.5, 0.6) is 0 Å². The Balaban J connectivity index is 3.27. The quantitative estimate of drug-likeness (QED) is 0.412. The van der Waals surface area contributed by atoms with Gasteiger partial charge in [0.1, 0.15) is 5.78 Å². The van der Waals surface area contributed by atoms with E-state index in [1.165, 1.54) is 38.5 Å². The number of Topliss-reactive ketones (excluding diaryl/α,β-unsaturated/α-hetero) is 1. The Hall–Kier alpha value is -0.900. The van der Waals surface area contributed by atoms with E-state index in [9.17, 15) is 9.59 Å². The van der Waals surface area contributed by atoms with E-state index in [0.29, 0.717) is 31.5 Å². The van der Waals surface area contributed by atoms with Gasteiger partial charge in [0.2, 0.25) is 0 Å². The normalized spacial score (nSPS) is 12.3. The van der Waals surface area contributed by atoms with Crippen molar-refractivity contribution in [2.45, 2.75) is 103 Å². The fourth-order valence-corrected chi connectivity index (χ4v) is 2.54. The summed E-state index contributed by atoms with van der Waals surface area (Å²) in [5.41, 5.74) is 0. The largest absolute Gasteiger partial charge is 0.479 e. The van der Waals surface area contributed by atoms with E-state index < -0.39 is 12.1 Å². The maximum Gasteiger partial charge on any atom is 0.332 e. The summed E-state index contributed by atoms with van der Waals surface area (Å²) in [4.78, 5) is 22.1. The van der Waals surface area contributed by atoms with Crippen LogP contribution in [0.1, 0.15) is 96.8 Å². The van der Waals surface area contributed by atoms with Crippen molar-refractivity contribution in [2.75, 3.05) is 0 Å². The van der Waals surface area contributed by atoms with E-state index in [-0.39, 0.29) is 0 Å². The van der Waals surface area contributed by atoms with Gasteiger partial charge in [0.15, 0.2) is 6.10 Å². The fraction of sp³-hybridized carbons (Fsp3) is 0.889. The predicted octanol–water partition coefficient (Wildman–Crippen LogP) is 4.48. The summed E-state index contributed by atoms with van der Waals surface area (Å²) < 4.78 is 0. The van der Waals surface area contributed by atoms with E-state index in [4.69, 9.17) is 10.2 Å². The van der Waals surface area contributed by atoms with Crippen LogP contribution in [-0.2, 0) is 9.59 Å². The lowest BCUT2D eigenvalue weighted by Crippen LogP contribution is -2.18. The maximum absolute atomic E-state index is 11.7. The summed E-state index contributed by atoms with van der Waals surface area (Å²) in [6.45, 7) is 2.22. The summed E-state index contributed by atoms with van der Waals surface area (Å²) in [5.74, 6) is -0.788. The third-order valence-electron chi connectivity index (χ3n) is 4.03. The number of unbranched alkanes of at least 4 members (excludes halogenated alkanes) is 9. The molecule has 0 saturated carbocycles. The van der Waals surface area contributed by atoms with Crippen molar-refractivity contribution in [3.05, 3.63) is 0 Å². The number of carbonyl (C=O) groups excluding carboxylic acids is 1. The number of carboxylic acid groups (broad SMARTS) is 1. The van der Waals surface area contributed by atoms with Crippen LogP contribution < -0.4 is 0 Å². The molecule has 4 nitrogen and oxygen atoms in total. The molecule has 0 aromatic carbocycles. The molecule has 0 aliphatic carbocycles. The van der Waals surface area contributed by atoms with Crippen LogP contribution in [0.3, 0.4) is 0 Å². The zero-order valence-electron chi connectivity index (χ0n) is 14.2. The van der Waals surface area contributed by atoms with Gasteiger partial charge in [-0.1, -0.05) is 64.7 Å². The van der Waals surface area contributed by atoms with Crippen molar-refractivity contribution < 1.29 is 19.8 Å². The first kappa shape index (κ1) is 21.1. The van der Waals surface area contributed by atoms with Crippen molar-refractivity contribution in [1.82, 2.24) is 0 Å². The molecule has 0 rings (SSSR count). The number of aliphatic carboxylic acids is 1. The van der Waals surface area contributed by atoms with Gasteiger partial charge in [-0.25, -0.2) is 4.79 Å². The Morgan fingerprint density at radius 1 is 0.773 bits per heavy atom. The number of hydrogen-bond donors (Lipinski definition) is 2. The second-order valence-electron chi connectivity index (χ2n) is 6.22. The van der Waals surface area contributed by atoms with Crippen molar-refractivity contribution in [2.24, 2.45) is 0 Å². The third kappa shape index (κ3) is 14.1. The van der Waals surface area contributed by atoms with Crippen LogP contribution in [0.25, 0.3) is 0 Å². The second-order valence-corrected chi connectivity index (χ2v) is 6.22. The minimum Gasteiger partial charge on any atom is -0.479 e. The molecule has 22 heavy (non-hydrogen) atoms. The summed E-state index contributed by atoms with van der Waals surface area (Å²) in [7, 11) is 0. The van der Waals surface area contributed by atoms with E-state index >= 15 is 0 Å². The number of rotatable bonds is 16. The molecule has 0 spiro atoms. The van der Waals surface area contributed by atoms with Crippen LogP contribution in [0.15, 0.2) is 0 Å². The molecule has 0 amide bonds. The molecule has 0 saturated heterocycles. The lowest BCUT2D eigenvalue weighted by atomic mass is 10.0. The van der Waals surface area contributed by atoms with Crippen molar-refractivity contribution in [3.8, 4) is 0 Å². The second kappa shape index (κ2) is 15.0. The molecule has 0 bridgehead atoms. The Morgan fingerprint density at radius 2 is 1.23 bits per heavy atom. The smallest absolute Gasteiger partial charge is 0.332 e. The molecule has 0 aliphatic rings. The Labute approximate surface area is 135 Å². The van der Waals surface area contributed by atoms with E-state index in [2.05, 4.69) is 6.92 Å². The molecule has 130 valence electrons. The highest BCUT2D eigenvalue weighted by Gasteiger charge is 2.11. The number of aliphatic hydroxyl groups is 1. The van der Waals surface area contributed by atoms with Gasteiger partial charge in [-0.05, 0) is 19.3 Å². The highest BCUT2D eigenvalue weighted by Crippen LogP contribution is 2.12. The minimum atomic E-state index is -1.24. The average Bonchev–Trinajstić information content (AvgIpc) is 2.49. The summed E-state index contributed by atoms with van der Waals surface area (Å²) in [5, 5.41) is 17.6. The van der Waals surface area contributed by atoms with Crippen LogP contribution >= 0.6 is 0 Å². The highest BCUT2D eigenvalue weighted by molar-refractivity contribution is 5.78. The van der Waals surface area contributed by atoms with Gasteiger partial charge in [0.25, 0.3) is 0 Å². The standard InChI is InChI=1S/C18H34O4/c1-2-3-4-5-6-7-10-13-16(19)14-11-8-9-12-15-17(20)18(21)22/h17,20H,2-15H2,1H3,(H,21,22). The zero-order valence-corrected chi connectivity index (χ0v) is 14.2. The Morgan fingerprint density at radius 3 is 1.73 bits per heavy atom. The molecular formula is C18H34O4. The molecule has 2 N–H and O–H groups in total. The van der Waals surface area contributed by atoms with Gasteiger partial charge in [-0.3, -0.25) is 4.79 Å². The zero-order chi connectivity index (χ0) is 16.6. The first-order valence-electron chi connectivity index (χ1n) is 9.00. The number of carboxylic acids is 1. The lowest BCUT2D eigenvalue weighted by molar-refractivity contribution is -0.146. The van der Waals surface area contributed by atoms with E-state index in [1.54, 1.807) is 0 Å². The monoisotopic (exact) mass is 314 g/mol. The number of ketones is 1. The molecule has 0 aromatic rings. The molecule has 0 radical (unpaired) electrons. The van der Waals surface area contributed by atoms with Gasteiger partial charge in [0, 0.05) is 12.8 Å². The van der Waals surface area contributed by atoms with E-state index in [1.807, 2.05) is 0 Å². The van der Waals surface area contributed by atoms with Crippen LogP contribution in [0.2, 0.25) is 0 Å². The van der Waals surface area contributed by atoms with Gasteiger partial charge in [0.05, 0.1) is 0 Å². The highest BCUT2D eigenvalue weighted by atomic mass is 16.4. The third-order valence-corrected chi connectivity index (χ3v) is 4.03. The van der Waals surface area contributed by atoms with Crippen LogP contribution in [-0.4, -0.2) is 28.1 Å². The summed E-state index contributed by atoms with van der Waals surface area (Å²) in [6.07, 6.45) is 12.5. The topological polar surface area (TPSA) is 74.6 Å². The van der Waals surface area contributed by atoms with Gasteiger partial charge in [-0.2, -0.15) is 0 Å². The van der Waals surface area contributed by atoms with Crippen LogP contribution in [0, 0.1) is 0 Å².